The zero-order valence-electron chi connectivity index (χ0n) is 19.3. The van der Waals surface area contributed by atoms with Gasteiger partial charge >= 0.3 is 17.9 Å². The number of carbonyl (C=O) groups excluding carboxylic acids is 3. The summed E-state index contributed by atoms with van der Waals surface area (Å²) in [6, 6.07) is 3.18. The highest BCUT2D eigenvalue weighted by molar-refractivity contribution is 5.88. The number of halogens is 2. The molecule has 1 fully saturated rings. The van der Waals surface area contributed by atoms with Crippen molar-refractivity contribution in [3.8, 4) is 11.3 Å². The van der Waals surface area contributed by atoms with E-state index in [1.165, 1.54) is 23.9 Å². The van der Waals surface area contributed by atoms with Crippen molar-refractivity contribution in [1.82, 2.24) is 19.5 Å². The van der Waals surface area contributed by atoms with Crippen LogP contribution in [0, 0.1) is 11.6 Å². The highest BCUT2D eigenvalue weighted by Crippen LogP contribution is 2.37. The summed E-state index contributed by atoms with van der Waals surface area (Å²) >= 11 is 0. The molecule has 4 rings (SSSR count). The van der Waals surface area contributed by atoms with Crippen molar-refractivity contribution in [3.05, 3.63) is 36.2 Å². The number of hydrogen-bond donors (Lipinski definition) is 1. The van der Waals surface area contributed by atoms with Gasteiger partial charge in [0, 0.05) is 26.3 Å². The topological polar surface area (TPSA) is 158 Å². The molecular formula is C22H21F2N5O7. The van der Waals surface area contributed by atoms with Gasteiger partial charge in [0.25, 0.3) is 0 Å². The van der Waals surface area contributed by atoms with Crippen LogP contribution in [0.1, 0.15) is 27.0 Å². The van der Waals surface area contributed by atoms with Gasteiger partial charge in [0.2, 0.25) is 5.95 Å². The highest BCUT2D eigenvalue weighted by atomic mass is 19.2. The molecule has 0 spiro atoms. The normalized spacial score (nSPS) is 21.4. The van der Waals surface area contributed by atoms with Crippen LogP contribution in [0.3, 0.4) is 0 Å². The lowest BCUT2D eigenvalue weighted by molar-refractivity contribution is -0.166. The van der Waals surface area contributed by atoms with E-state index in [1.54, 1.807) is 0 Å². The predicted molar refractivity (Wildman–Crippen MR) is 117 cm³/mol. The maximum Gasteiger partial charge on any atom is 0.303 e. The quantitative estimate of drug-likeness (QED) is 0.384. The Balaban J connectivity index is 1.81. The van der Waals surface area contributed by atoms with Crippen molar-refractivity contribution < 1.29 is 42.1 Å². The lowest BCUT2D eigenvalue weighted by Gasteiger charge is -2.23. The minimum absolute atomic E-state index is 0.110. The van der Waals surface area contributed by atoms with Crippen LogP contribution in [0.25, 0.3) is 22.4 Å². The van der Waals surface area contributed by atoms with E-state index in [0.717, 1.165) is 26.0 Å². The Morgan fingerprint density at radius 1 is 1.03 bits per heavy atom. The fourth-order valence-electron chi connectivity index (χ4n) is 3.88. The molecule has 0 amide bonds. The van der Waals surface area contributed by atoms with Crippen molar-refractivity contribution in [2.75, 3.05) is 12.3 Å². The Kier molecular flexibility index (Phi) is 6.79. The number of nitrogens with two attached hydrogens (primary N) is 1. The number of anilines is 1. The number of nitrogen functional groups attached to an aromatic ring is 1. The fourth-order valence-corrected chi connectivity index (χ4v) is 3.88. The fraction of sp³-hybridized carbons (Fsp3) is 0.364. The van der Waals surface area contributed by atoms with Gasteiger partial charge in [-0.1, -0.05) is 0 Å². The number of imidazole rings is 1. The Bertz CT molecular complexity index is 1350. The largest absolute Gasteiger partial charge is 0.463 e. The van der Waals surface area contributed by atoms with E-state index in [0.29, 0.717) is 0 Å². The maximum atomic E-state index is 13.9. The number of hydrogen-bond acceptors (Lipinski definition) is 11. The molecule has 1 aliphatic rings. The Labute approximate surface area is 202 Å². The zero-order valence-corrected chi connectivity index (χ0v) is 19.3. The van der Waals surface area contributed by atoms with Crippen LogP contribution in [0.2, 0.25) is 0 Å². The number of esters is 3. The second-order valence-electron chi connectivity index (χ2n) is 7.90. The Morgan fingerprint density at radius 2 is 1.72 bits per heavy atom. The standard InChI is InChI=1S/C22H21F2N5O7/c1-9(30)33-7-15-18(34-10(2)31)19(35-11(3)32)21(36-15)29-8-26-17-16(27-22(25)28-20(17)29)12-4-5-13(23)14(24)6-12/h4-6,8,15,18-19,21H,7H2,1-3H3,(H2,25,27,28)/t15-,18-,19-,21-/m1/s1. The number of carbonyl (C=O) groups is 3. The third-order valence-corrected chi connectivity index (χ3v) is 5.25. The van der Waals surface area contributed by atoms with Gasteiger partial charge in [0.05, 0.1) is 6.33 Å². The van der Waals surface area contributed by atoms with E-state index in [4.69, 9.17) is 24.7 Å². The molecule has 1 aromatic carbocycles. The smallest absolute Gasteiger partial charge is 0.303 e. The third kappa shape index (κ3) is 4.93. The van der Waals surface area contributed by atoms with Gasteiger partial charge in [-0.25, -0.2) is 18.7 Å². The molecule has 2 N–H and O–H groups in total. The molecule has 0 unspecified atom stereocenters. The number of ether oxygens (including phenoxy) is 4. The van der Waals surface area contributed by atoms with Crippen LogP contribution < -0.4 is 5.73 Å². The molecule has 0 aliphatic carbocycles. The van der Waals surface area contributed by atoms with Crippen molar-refractivity contribution in [3.63, 3.8) is 0 Å². The summed E-state index contributed by atoms with van der Waals surface area (Å²) < 4.78 is 50.5. The molecule has 3 aromatic rings. The van der Waals surface area contributed by atoms with Crippen LogP contribution >= 0.6 is 0 Å². The summed E-state index contributed by atoms with van der Waals surface area (Å²) in [7, 11) is 0. The van der Waals surface area contributed by atoms with E-state index in [-0.39, 0.29) is 35.0 Å². The van der Waals surface area contributed by atoms with Gasteiger partial charge in [-0.15, -0.1) is 0 Å². The molecule has 0 bridgehead atoms. The summed E-state index contributed by atoms with van der Waals surface area (Å²) in [6.45, 7) is 3.22. The first-order valence-corrected chi connectivity index (χ1v) is 10.6. The number of nitrogens with zero attached hydrogens (tertiary/aromatic N) is 4. The molecular weight excluding hydrogens is 484 g/mol. The highest BCUT2D eigenvalue weighted by Gasteiger charge is 2.51. The second-order valence-corrected chi connectivity index (χ2v) is 7.90. The van der Waals surface area contributed by atoms with Crippen molar-refractivity contribution in [2.45, 2.75) is 45.3 Å². The SMILES string of the molecule is CC(=O)OC[C@H]1O[C@@H](n2cnc3c(-c4ccc(F)c(F)c4)nc(N)nc32)[C@H](OC(C)=O)[C@@H]1OC(C)=O. The van der Waals surface area contributed by atoms with Crippen molar-refractivity contribution in [1.29, 1.82) is 0 Å². The molecule has 190 valence electrons. The average molecular weight is 505 g/mol. The molecule has 2 aromatic heterocycles. The second kappa shape index (κ2) is 9.81. The van der Waals surface area contributed by atoms with E-state index < -0.39 is 54.1 Å². The monoisotopic (exact) mass is 505 g/mol. The first kappa shape index (κ1) is 24.9. The number of fused-ring (bicyclic) bond motifs is 1. The summed E-state index contributed by atoms with van der Waals surface area (Å²) in [5.74, 6) is -4.32. The Morgan fingerprint density at radius 3 is 2.36 bits per heavy atom. The lowest BCUT2D eigenvalue weighted by atomic mass is 10.1. The van der Waals surface area contributed by atoms with Crippen LogP contribution in [-0.4, -0.2) is 62.3 Å². The van der Waals surface area contributed by atoms with Gasteiger partial charge < -0.3 is 24.7 Å². The molecule has 1 saturated heterocycles. The van der Waals surface area contributed by atoms with Crippen molar-refractivity contribution in [2.24, 2.45) is 0 Å². The Hall–Kier alpha value is -4.20. The van der Waals surface area contributed by atoms with Crippen LogP contribution in [-0.2, 0) is 33.3 Å². The predicted octanol–water partition coefficient (Wildman–Crippen LogP) is 1.68. The van der Waals surface area contributed by atoms with Crippen LogP contribution in [0.4, 0.5) is 14.7 Å². The zero-order chi connectivity index (χ0) is 26.1. The van der Waals surface area contributed by atoms with Gasteiger partial charge in [0.1, 0.15) is 23.9 Å². The van der Waals surface area contributed by atoms with Crippen molar-refractivity contribution >= 4 is 35.0 Å². The van der Waals surface area contributed by atoms with Gasteiger partial charge in [-0.3, -0.25) is 19.0 Å². The molecule has 14 heteroatoms. The maximum absolute atomic E-state index is 13.9. The molecule has 12 nitrogen and oxygen atoms in total. The number of aromatic nitrogens is 4. The lowest BCUT2D eigenvalue weighted by Crippen LogP contribution is -2.40. The van der Waals surface area contributed by atoms with Gasteiger partial charge in [-0.2, -0.15) is 4.98 Å². The number of benzene rings is 1. The average Bonchev–Trinajstić information content (AvgIpc) is 3.34. The molecule has 1 aliphatic heterocycles. The van der Waals surface area contributed by atoms with Gasteiger partial charge in [0.15, 0.2) is 35.7 Å². The minimum atomic E-state index is -1.19. The molecule has 36 heavy (non-hydrogen) atoms. The molecule has 0 saturated carbocycles. The number of rotatable bonds is 6. The summed E-state index contributed by atoms with van der Waals surface area (Å²) in [6.07, 6.45) is -3.18. The third-order valence-electron chi connectivity index (χ3n) is 5.25. The summed E-state index contributed by atoms with van der Waals surface area (Å²) in [4.78, 5) is 47.6. The van der Waals surface area contributed by atoms with E-state index in [2.05, 4.69) is 15.0 Å². The first-order chi connectivity index (χ1) is 17.0. The van der Waals surface area contributed by atoms with E-state index in [1.807, 2.05) is 0 Å². The molecule has 4 atom stereocenters. The van der Waals surface area contributed by atoms with E-state index >= 15 is 0 Å². The summed E-state index contributed by atoms with van der Waals surface area (Å²) in [5, 5.41) is 0. The molecule has 3 heterocycles. The van der Waals surface area contributed by atoms with Crippen LogP contribution in [0.5, 0.6) is 0 Å². The summed E-state index contributed by atoms with van der Waals surface area (Å²) in [5.41, 5.74) is 6.46. The first-order valence-electron chi connectivity index (χ1n) is 10.6. The molecule has 0 radical (unpaired) electrons. The van der Waals surface area contributed by atoms with Gasteiger partial charge in [-0.05, 0) is 18.2 Å². The minimum Gasteiger partial charge on any atom is -0.463 e. The van der Waals surface area contributed by atoms with Crippen LogP contribution in [0.15, 0.2) is 24.5 Å². The van der Waals surface area contributed by atoms with E-state index in [9.17, 15) is 23.2 Å².